The minimum Gasteiger partial charge on any atom is -0.491 e. The van der Waals surface area contributed by atoms with Crippen molar-refractivity contribution in [3.05, 3.63) is 65.1 Å². The van der Waals surface area contributed by atoms with Gasteiger partial charge in [0, 0.05) is 24.8 Å². The first-order valence-electron chi connectivity index (χ1n) is 9.18. The second-order valence-corrected chi connectivity index (χ2v) is 7.43. The molecule has 0 saturated carbocycles. The number of nitrogens with zero attached hydrogens (tertiary/aromatic N) is 2. The fourth-order valence-corrected chi connectivity index (χ4v) is 3.55. The number of carbonyl (C=O) groups excluding carboxylic acids is 1. The maximum atomic E-state index is 13.1. The number of aromatic nitrogens is 2. The van der Waals surface area contributed by atoms with Crippen molar-refractivity contribution in [2.24, 2.45) is 0 Å². The van der Waals surface area contributed by atoms with Crippen molar-refractivity contribution in [1.29, 1.82) is 0 Å². The third-order valence-corrected chi connectivity index (χ3v) is 4.98. The summed E-state index contributed by atoms with van der Waals surface area (Å²) >= 11 is 0. The highest BCUT2D eigenvalue weighted by Gasteiger charge is 2.29. The zero-order valence-electron chi connectivity index (χ0n) is 15.9. The summed E-state index contributed by atoms with van der Waals surface area (Å²) in [5.41, 5.74) is 3.89. The van der Waals surface area contributed by atoms with Crippen molar-refractivity contribution < 1.29 is 9.53 Å². The van der Waals surface area contributed by atoms with Crippen LogP contribution in [0.4, 0.5) is 0 Å². The van der Waals surface area contributed by atoms with Crippen LogP contribution in [0.5, 0.6) is 5.75 Å². The molecule has 0 bridgehead atoms. The van der Waals surface area contributed by atoms with Crippen molar-refractivity contribution in [2.45, 2.75) is 32.9 Å². The van der Waals surface area contributed by atoms with Gasteiger partial charge in [0.25, 0.3) is 5.91 Å². The summed E-state index contributed by atoms with van der Waals surface area (Å²) in [7, 11) is 0. The molecule has 27 heavy (non-hydrogen) atoms. The molecule has 0 atom stereocenters. The van der Waals surface area contributed by atoms with Gasteiger partial charge in [-0.2, -0.15) is 0 Å². The highest BCUT2D eigenvalue weighted by molar-refractivity contribution is 5.97. The lowest BCUT2D eigenvalue weighted by Crippen LogP contribution is -2.42. The Morgan fingerprint density at radius 3 is 3.00 bits per heavy atom. The van der Waals surface area contributed by atoms with Gasteiger partial charge in [-0.05, 0) is 38.5 Å². The maximum absolute atomic E-state index is 13.1. The number of para-hydroxylation sites is 1. The van der Waals surface area contributed by atoms with Gasteiger partial charge in [0.15, 0.2) is 0 Å². The Kier molecular flexibility index (Phi) is 4.36. The number of aryl methyl sites for hydroxylation is 1. The lowest BCUT2D eigenvalue weighted by atomic mass is 9.99. The Morgan fingerprint density at radius 1 is 1.30 bits per heavy atom. The molecule has 0 radical (unpaired) electrons. The summed E-state index contributed by atoms with van der Waals surface area (Å²) in [5, 5.41) is 6.45. The van der Waals surface area contributed by atoms with E-state index in [0.29, 0.717) is 24.5 Å². The van der Waals surface area contributed by atoms with Crippen molar-refractivity contribution in [3.63, 3.8) is 0 Å². The Labute approximate surface area is 158 Å². The molecule has 6 heteroatoms. The van der Waals surface area contributed by atoms with Crippen molar-refractivity contribution in [2.75, 3.05) is 13.2 Å². The molecule has 0 spiro atoms. The maximum Gasteiger partial charge on any atom is 0.255 e. The number of hydrogen-bond acceptors (Lipinski definition) is 4. The second kappa shape index (κ2) is 6.70. The molecule has 6 nitrogen and oxygen atoms in total. The van der Waals surface area contributed by atoms with Crippen LogP contribution in [-0.2, 0) is 12.1 Å². The third-order valence-electron chi connectivity index (χ3n) is 4.98. The molecule has 1 amide bonds. The Bertz CT molecular complexity index is 1010. The number of fused-ring (bicyclic) bond motifs is 2. The monoisotopic (exact) mass is 364 g/mol. The largest absolute Gasteiger partial charge is 0.491 e. The topological polar surface area (TPSA) is 67.7 Å². The van der Waals surface area contributed by atoms with E-state index in [0.717, 1.165) is 29.0 Å². The first-order chi connectivity index (χ1) is 13.0. The van der Waals surface area contributed by atoms with Gasteiger partial charge in [-0.15, -0.1) is 0 Å². The normalized spacial score (nSPS) is 14.3. The molecule has 1 aromatic carbocycles. The molecule has 0 unspecified atom stereocenters. The molecule has 3 heterocycles. The number of ether oxygens (including phenoxy) is 1. The van der Waals surface area contributed by atoms with E-state index >= 15 is 0 Å². The predicted molar refractivity (Wildman–Crippen MR) is 104 cm³/mol. The highest BCUT2D eigenvalue weighted by atomic mass is 16.5. The van der Waals surface area contributed by atoms with Crippen LogP contribution in [0.3, 0.4) is 0 Å². The number of benzene rings is 1. The molecule has 1 aliphatic heterocycles. The number of pyridine rings is 1. The van der Waals surface area contributed by atoms with Crippen LogP contribution in [0, 0.1) is 6.92 Å². The summed E-state index contributed by atoms with van der Waals surface area (Å²) in [6, 6.07) is 9.72. The van der Waals surface area contributed by atoms with Gasteiger partial charge in [-0.25, -0.2) is 4.98 Å². The number of nitrogens with one attached hydrogen (secondary N) is 2. The van der Waals surface area contributed by atoms with Gasteiger partial charge in [-0.1, -0.05) is 18.2 Å². The zero-order chi connectivity index (χ0) is 19.0. The summed E-state index contributed by atoms with van der Waals surface area (Å²) in [5.74, 6) is 0.520. The van der Waals surface area contributed by atoms with Gasteiger partial charge >= 0.3 is 0 Å². The first-order valence-corrected chi connectivity index (χ1v) is 9.18. The molecule has 0 aliphatic carbocycles. The van der Waals surface area contributed by atoms with E-state index in [2.05, 4.69) is 15.6 Å². The van der Waals surface area contributed by atoms with E-state index in [-0.39, 0.29) is 5.91 Å². The van der Waals surface area contributed by atoms with Gasteiger partial charge in [0.05, 0.1) is 23.0 Å². The smallest absolute Gasteiger partial charge is 0.255 e. The fraction of sp³-hybridized carbons (Fsp3) is 0.333. The molecule has 4 rings (SSSR count). The number of hydrogen-bond donors (Lipinski definition) is 2. The van der Waals surface area contributed by atoms with Crippen LogP contribution in [0.15, 0.2) is 42.7 Å². The minimum absolute atomic E-state index is 0.152. The molecule has 140 valence electrons. The highest BCUT2D eigenvalue weighted by Crippen LogP contribution is 2.28. The summed E-state index contributed by atoms with van der Waals surface area (Å²) in [6.45, 7) is 8.02. The Morgan fingerprint density at radius 2 is 2.15 bits per heavy atom. The zero-order valence-corrected chi connectivity index (χ0v) is 15.9. The van der Waals surface area contributed by atoms with E-state index in [1.807, 2.05) is 67.9 Å². The summed E-state index contributed by atoms with van der Waals surface area (Å²) in [4.78, 5) is 17.6. The molecule has 1 aliphatic rings. The molecule has 2 aromatic heterocycles. The first kappa shape index (κ1) is 17.5. The number of rotatable bonds is 3. The lowest BCUT2D eigenvalue weighted by Gasteiger charge is -2.26. The van der Waals surface area contributed by atoms with Crippen LogP contribution in [0.1, 0.15) is 41.0 Å². The van der Waals surface area contributed by atoms with Crippen molar-refractivity contribution >= 4 is 11.6 Å². The van der Waals surface area contributed by atoms with Crippen LogP contribution >= 0.6 is 0 Å². The van der Waals surface area contributed by atoms with E-state index in [1.165, 1.54) is 0 Å². The molecular formula is C21H24N4O2. The Hall–Kier alpha value is -2.86. The van der Waals surface area contributed by atoms with Gasteiger partial charge in [0.1, 0.15) is 18.0 Å². The average Bonchev–Trinajstić information content (AvgIpc) is 2.94. The van der Waals surface area contributed by atoms with Gasteiger partial charge in [-0.3, -0.25) is 4.79 Å². The van der Waals surface area contributed by atoms with Crippen molar-refractivity contribution in [1.82, 2.24) is 20.0 Å². The standard InChI is InChI=1S/C21H24N4O2/c1-14-6-5-10-25-17(13-23-19(14)25)21(2,3)24-20(26)16-8-4-7-15-12-22-9-11-27-18(15)16/h4-8,10,13,22H,9,11-12H2,1-3H3,(H,24,26). The number of carbonyl (C=O) groups is 1. The van der Waals surface area contributed by atoms with E-state index in [9.17, 15) is 4.79 Å². The molecule has 3 aromatic rings. The minimum atomic E-state index is -0.601. The van der Waals surface area contributed by atoms with Crippen LogP contribution in [0.25, 0.3) is 5.65 Å². The van der Waals surface area contributed by atoms with E-state index < -0.39 is 5.54 Å². The molecule has 2 N–H and O–H groups in total. The number of imidazole rings is 1. The van der Waals surface area contributed by atoms with Crippen LogP contribution < -0.4 is 15.4 Å². The Balaban J connectivity index is 1.67. The fourth-order valence-electron chi connectivity index (χ4n) is 3.55. The van der Waals surface area contributed by atoms with E-state index in [4.69, 9.17) is 4.74 Å². The lowest BCUT2D eigenvalue weighted by molar-refractivity contribution is 0.0906. The van der Waals surface area contributed by atoms with Crippen LogP contribution in [-0.4, -0.2) is 28.4 Å². The van der Waals surface area contributed by atoms with E-state index in [1.54, 1.807) is 0 Å². The quantitative estimate of drug-likeness (QED) is 0.750. The number of amides is 1. The van der Waals surface area contributed by atoms with Crippen LogP contribution in [0.2, 0.25) is 0 Å². The average molecular weight is 364 g/mol. The van der Waals surface area contributed by atoms with Gasteiger partial charge < -0.3 is 19.8 Å². The predicted octanol–water partition coefficient (Wildman–Crippen LogP) is 2.79. The van der Waals surface area contributed by atoms with Gasteiger partial charge in [0.2, 0.25) is 0 Å². The SMILES string of the molecule is Cc1cccn2c(C(C)(C)NC(=O)c3cccc4c3OCCNC4)cnc12. The third kappa shape index (κ3) is 3.17. The van der Waals surface area contributed by atoms with Crippen molar-refractivity contribution in [3.8, 4) is 5.75 Å². The second-order valence-electron chi connectivity index (χ2n) is 7.43. The summed E-state index contributed by atoms with van der Waals surface area (Å²) < 4.78 is 7.88. The summed E-state index contributed by atoms with van der Waals surface area (Å²) in [6.07, 6.45) is 3.80. The molecule has 0 saturated heterocycles. The molecule has 0 fully saturated rings. The molecular weight excluding hydrogens is 340 g/mol.